The van der Waals surface area contributed by atoms with Crippen molar-refractivity contribution in [3.05, 3.63) is 11.5 Å². The first kappa shape index (κ1) is 23.9. The molecular formula is C18H28F3N3O4. The van der Waals surface area contributed by atoms with Crippen LogP contribution in [0.1, 0.15) is 47.5 Å². The van der Waals surface area contributed by atoms with Crippen LogP contribution in [0.5, 0.6) is 0 Å². The van der Waals surface area contributed by atoms with Gasteiger partial charge in [-0.3, -0.25) is 14.4 Å². The fourth-order valence-electron chi connectivity index (χ4n) is 2.87. The smallest absolute Gasteiger partial charge is 0.420 e. The zero-order valence-corrected chi connectivity index (χ0v) is 16.7. The van der Waals surface area contributed by atoms with Crippen molar-refractivity contribution < 1.29 is 32.3 Å². The molecule has 10 heteroatoms. The molecule has 7 nitrogen and oxygen atoms in total. The van der Waals surface area contributed by atoms with E-state index >= 15 is 0 Å². The molecule has 28 heavy (non-hydrogen) atoms. The van der Waals surface area contributed by atoms with Crippen LogP contribution in [0, 0.1) is 11.8 Å². The van der Waals surface area contributed by atoms with Crippen molar-refractivity contribution in [2.45, 2.75) is 65.7 Å². The first-order valence-electron chi connectivity index (χ1n) is 9.14. The number of allylic oxidation sites excluding steroid dienone is 2. The fraction of sp³-hybridized carbons (Fsp3) is 0.722. The van der Waals surface area contributed by atoms with E-state index in [9.17, 15) is 27.6 Å². The molecule has 0 aromatic heterocycles. The standard InChI is InChI=1S/C18H28F3N3O4/c1-9(2)13(22)17(27)24-8-6-7-12(24)16(26)23-14(10(3)4)15(18(19,20)21)28-11(5)25/h9-10,12-13H,6-8,22H2,1-5H3,(H,23,26)/t12-,13-/m0/s1. The number of hydrogen-bond acceptors (Lipinski definition) is 5. The topological polar surface area (TPSA) is 102 Å². The molecule has 2 amide bonds. The highest BCUT2D eigenvalue weighted by Gasteiger charge is 2.43. The van der Waals surface area contributed by atoms with Crippen molar-refractivity contribution in [2.24, 2.45) is 17.6 Å². The predicted molar refractivity (Wildman–Crippen MR) is 95.4 cm³/mol. The molecule has 0 radical (unpaired) electrons. The summed E-state index contributed by atoms with van der Waals surface area (Å²) in [6.07, 6.45) is -4.13. The van der Waals surface area contributed by atoms with Crippen molar-refractivity contribution in [1.82, 2.24) is 10.2 Å². The largest absolute Gasteiger partial charge is 0.451 e. The summed E-state index contributed by atoms with van der Waals surface area (Å²) in [5.74, 6) is -4.83. The molecule has 0 unspecified atom stereocenters. The number of hydrogen-bond donors (Lipinski definition) is 2. The quantitative estimate of drug-likeness (QED) is 0.518. The second kappa shape index (κ2) is 9.40. The van der Waals surface area contributed by atoms with Crippen molar-refractivity contribution >= 4 is 17.8 Å². The molecule has 0 aliphatic carbocycles. The number of carbonyl (C=O) groups is 3. The minimum atomic E-state index is -4.97. The van der Waals surface area contributed by atoms with E-state index in [2.05, 4.69) is 10.1 Å². The Morgan fingerprint density at radius 1 is 1.18 bits per heavy atom. The van der Waals surface area contributed by atoms with Crippen LogP contribution in [0.15, 0.2) is 11.5 Å². The molecule has 1 rings (SSSR count). The Hall–Kier alpha value is -2.10. The number of carbonyl (C=O) groups excluding carboxylic acids is 3. The summed E-state index contributed by atoms with van der Waals surface area (Å²) in [5.41, 5.74) is 5.32. The van der Waals surface area contributed by atoms with Crippen LogP contribution in [-0.4, -0.2) is 47.5 Å². The third kappa shape index (κ3) is 5.95. The van der Waals surface area contributed by atoms with Gasteiger partial charge in [0.2, 0.25) is 17.6 Å². The molecular weight excluding hydrogens is 379 g/mol. The first-order chi connectivity index (χ1) is 12.8. The van der Waals surface area contributed by atoms with Crippen LogP contribution in [-0.2, 0) is 19.1 Å². The van der Waals surface area contributed by atoms with E-state index in [0.717, 1.165) is 6.92 Å². The van der Waals surface area contributed by atoms with Gasteiger partial charge >= 0.3 is 12.1 Å². The van der Waals surface area contributed by atoms with Crippen molar-refractivity contribution in [3.8, 4) is 0 Å². The SMILES string of the molecule is CC(=O)OC(=C(NC(=O)[C@@H]1CCCN1C(=O)[C@@H](N)C(C)C)C(C)C)C(F)(F)F. The van der Waals surface area contributed by atoms with Gasteiger partial charge in [0.05, 0.1) is 11.7 Å². The average molecular weight is 407 g/mol. The molecule has 0 aromatic rings. The highest BCUT2D eigenvalue weighted by Crippen LogP contribution is 2.31. The predicted octanol–water partition coefficient (Wildman–Crippen LogP) is 2.07. The van der Waals surface area contributed by atoms with Crippen LogP contribution in [0.2, 0.25) is 0 Å². The summed E-state index contributed by atoms with van der Waals surface area (Å²) in [4.78, 5) is 37.6. The molecule has 1 fully saturated rings. The molecule has 1 aliphatic heterocycles. The van der Waals surface area contributed by atoms with Crippen LogP contribution < -0.4 is 11.1 Å². The lowest BCUT2D eigenvalue weighted by atomic mass is 10.0. The molecule has 1 heterocycles. The van der Waals surface area contributed by atoms with Gasteiger partial charge in [0.15, 0.2) is 0 Å². The minimum Gasteiger partial charge on any atom is -0.420 e. The summed E-state index contributed by atoms with van der Waals surface area (Å²) < 4.78 is 44.4. The number of esters is 1. The lowest BCUT2D eigenvalue weighted by molar-refractivity contribution is -0.159. The molecule has 1 aliphatic rings. The molecule has 0 spiro atoms. The van der Waals surface area contributed by atoms with Crippen molar-refractivity contribution in [3.63, 3.8) is 0 Å². The number of ether oxygens (including phenoxy) is 1. The highest BCUT2D eigenvalue weighted by molar-refractivity contribution is 5.91. The van der Waals surface area contributed by atoms with E-state index in [4.69, 9.17) is 5.73 Å². The van der Waals surface area contributed by atoms with E-state index in [1.54, 1.807) is 13.8 Å². The minimum absolute atomic E-state index is 0.149. The number of amides is 2. The molecule has 3 N–H and O–H groups in total. The second-order valence-corrected chi connectivity index (χ2v) is 7.44. The van der Waals surface area contributed by atoms with Gasteiger partial charge in [-0.05, 0) is 24.7 Å². The van der Waals surface area contributed by atoms with Crippen LogP contribution >= 0.6 is 0 Å². The number of rotatable bonds is 6. The number of halogens is 3. The van der Waals surface area contributed by atoms with Crippen molar-refractivity contribution in [1.29, 1.82) is 0 Å². The maximum Gasteiger partial charge on any atom is 0.451 e. The molecule has 0 aromatic carbocycles. The fourth-order valence-corrected chi connectivity index (χ4v) is 2.87. The van der Waals surface area contributed by atoms with Gasteiger partial charge < -0.3 is 20.7 Å². The first-order valence-corrected chi connectivity index (χ1v) is 9.14. The molecule has 0 bridgehead atoms. The Labute approximate surface area is 162 Å². The Morgan fingerprint density at radius 2 is 1.75 bits per heavy atom. The van der Waals surface area contributed by atoms with Gasteiger partial charge in [0.25, 0.3) is 0 Å². The van der Waals surface area contributed by atoms with Crippen LogP contribution in [0.4, 0.5) is 13.2 Å². The third-order valence-electron chi connectivity index (χ3n) is 4.43. The summed E-state index contributed by atoms with van der Waals surface area (Å²) >= 11 is 0. The van der Waals surface area contributed by atoms with Gasteiger partial charge in [-0.25, -0.2) is 0 Å². The van der Waals surface area contributed by atoms with Gasteiger partial charge in [0, 0.05) is 13.5 Å². The summed E-state index contributed by atoms with van der Waals surface area (Å²) in [7, 11) is 0. The van der Waals surface area contributed by atoms with E-state index in [1.807, 2.05) is 0 Å². The number of nitrogens with one attached hydrogen (secondary N) is 1. The lowest BCUT2D eigenvalue weighted by Gasteiger charge is -2.29. The summed E-state index contributed by atoms with van der Waals surface area (Å²) in [6.45, 7) is 7.53. The van der Waals surface area contributed by atoms with E-state index in [-0.39, 0.29) is 5.92 Å². The molecule has 2 atom stereocenters. The number of alkyl halides is 3. The molecule has 0 saturated carbocycles. The zero-order chi connectivity index (χ0) is 21.8. The Morgan fingerprint density at radius 3 is 2.18 bits per heavy atom. The van der Waals surface area contributed by atoms with Crippen LogP contribution in [0.3, 0.4) is 0 Å². The maximum atomic E-state index is 13.4. The zero-order valence-electron chi connectivity index (χ0n) is 16.7. The number of nitrogens with zero attached hydrogens (tertiary/aromatic N) is 1. The van der Waals surface area contributed by atoms with Gasteiger partial charge in [-0.1, -0.05) is 27.7 Å². The number of nitrogens with two attached hydrogens (primary N) is 1. The average Bonchev–Trinajstić information content (AvgIpc) is 3.04. The molecule has 1 saturated heterocycles. The van der Waals surface area contributed by atoms with Crippen molar-refractivity contribution in [2.75, 3.05) is 6.54 Å². The van der Waals surface area contributed by atoms with Crippen LogP contribution in [0.25, 0.3) is 0 Å². The monoisotopic (exact) mass is 407 g/mol. The van der Waals surface area contributed by atoms with E-state index in [1.165, 1.54) is 18.7 Å². The van der Waals surface area contributed by atoms with Gasteiger partial charge in [-0.2, -0.15) is 13.2 Å². The number of likely N-dealkylation sites (tertiary alicyclic amines) is 1. The normalized spacial score (nSPS) is 19.5. The van der Waals surface area contributed by atoms with E-state index < -0.39 is 53.4 Å². The van der Waals surface area contributed by atoms with Gasteiger partial charge in [0.1, 0.15) is 6.04 Å². The second-order valence-electron chi connectivity index (χ2n) is 7.44. The summed E-state index contributed by atoms with van der Waals surface area (Å²) in [5, 5.41) is 2.23. The Bertz CT molecular complexity index is 644. The molecule has 160 valence electrons. The Kier molecular flexibility index (Phi) is 8.04. The Balaban J connectivity index is 3.16. The maximum absolute atomic E-state index is 13.4. The lowest BCUT2D eigenvalue weighted by Crippen LogP contribution is -2.52. The summed E-state index contributed by atoms with van der Waals surface area (Å²) in [6, 6.07) is -1.74. The highest BCUT2D eigenvalue weighted by atomic mass is 19.4. The third-order valence-corrected chi connectivity index (χ3v) is 4.43. The van der Waals surface area contributed by atoms with E-state index in [0.29, 0.717) is 19.4 Å². The van der Waals surface area contributed by atoms with Gasteiger partial charge in [-0.15, -0.1) is 0 Å².